The van der Waals surface area contributed by atoms with E-state index in [1.807, 2.05) is 0 Å². The van der Waals surface area contributed by atoms with Gasteiger partial charge in [0, 0.05) is 0 Å². The first kappa shape index (κ1) is 12.0. The highest BCUT2D eigenvalue weighted by Crippen LogP contribution is 2.36. The van der Waals surface area contributed by atoms with Crippen molar-refractivity contribution in [2.75, 3.05) is 0 Å². The van der Waals surface area contributed by atoms with Gasteiger partial charge in [0.05, 0.1) is 16.6 Å². The van der Waals surface area contributed by atoms with Crippen molar-refractivity contribution in [3.63, 3.8) is 0 Å². The Balaban J connectivity index is 2.19. The van der Waals surface area contributed by atoms with Crippen LogP contribution in [0.25, 0.3) is 0 Å². The monoisotopic (exact) mass is 287 g/mol. The van der Waals surface area contributed by atoms with E-state index in [2.05, 4.69) is 15.9 Å². The fourth-order valence-electron chi connectivity index (χ4n) is 2.04. The van der Waals surface area contributed by atoms with E-state index in [9.17, 15) is 9.50 Å². The summed E-state index contributed by atoms with van der Waals surface area (Å²) in [7, 11) is 0. The molecule has 16 heavy (non-hydrogen) atoms. The zero-order valence-electron chi connectivity index (χ0n) is 8.87. The molecule has 1 aliphatic rings. The summed E-state index contributed by atoms with van der Waals surface area (Å²) in [6.45, 7) is 0. The molecule has 0 unspecified atom stereocenters. The number of hydrogen-bond donors (Lipinski definition) is 2. The molecule has 4 heteroatoms. The molecule has 0 radical (unpaired) electrons. The molecule has 0 saturated heterocycles. The number of nitrogens with two attached hydrogens (primary N) is 1. The summed E-state index contributed by atoms with van der Waals surface area (Å²) in [6.07, 6.45) is 2.61. The van der Waals surface area contributed by atoms with Crippen LogP contribution in [-0.2, 0) is 0 Å². The van der Waals surface area contributed by atoms with Crippen LogP contribution in [0.2, 0.25) is 0 Å². The van der Waals surface area contributed by atoms with E-state index in [1.54, 1.807) is 12.1 Å². The minimum Gasteiger partial charge on any atom is -0.391 e. The standard InChI is InChI=1S/C12H15BrFNO/c13-10-8(5-2-6-9(10)14)11(15)12(16)7-3-1-4-7/h2,5-7,11-12,16H,1,3-4,15H2/t11-,12+/m0/s1. The molecule has 1 saturated carbocycles. The van der Waals surface area contributed by atoms with Gasteiger partial charge < -0.3 is 10.8 Å². The van der Waals surface area contributed by atoms with Gasteiger partial charge in [-0.05, 0) is 46.3 Å². The maximum atomic E-state index is 13.3. The Morgan fingerprint density at radius 3 is 2.69 bits per heavy atom. The SMILES string of the molecule is N[C@@H](c1cccc(F)c1Br)[C@H](O)C1CCC1. The molecule has 3 N–H and O–H groups in total. The molecular formula is C12H15BrFNO. The van der Waals surface area contributed by atoms with Crippen LogP contribution in [-0.4, -0.2) is 11.2 Å². The molecule has 0 heterocycles. The Bertz CT molecular complexity index is 381. The first-order chi connectivity index (χ1) is 7.61. The quantitative estimate of drug-likeness (QED) is 0.898. The third-order valence-corrected chi connectivity index (χ3v) is 4.18. The molecule has 88 valence electrons. The van der Waals surface area contributed by atoms with E-state index in [1.165, 1.54) is 6.07 Å². The van der Waals surface area contributed by atoms with Crippen LogP contribution in [0, 0.1) is 11.7 Å². The average Bonchev–Trinajstić information content (AvgIpc) is 2.18. The Morgan fingerprint density at radius 1 is 1.44 bits per heavy atom. The number of halogens is 2. The van der Waals surface area contributed by atoms with Gasteiger partial charge >= 0.3 is 0 Å². The van der Waals surface area contributed by atoms with Crippen molar-refractivity contribution in [3.8, 4) is 0 Å². The molecule has 0 bridgehead atoms. The molecule has 0 aliphatic heterocycles. The van der Waals surface area contributed by atoms with Crippen molar-refractivity contribution in [1.82, 2.24) is 0 Å². The van der Waals surface area contributed by atoms with Gasteiger partial charge in [-0.25, -0.2) is 4.39 Å². The summed E-state index contributed by atoms with van der Waals surface area (Å²) in [5.74, 6) is -0.0704. The molecule has 2 nitrogen and oxygen atoms in total. The molecule has 0 amide bonds. The fraction of sp³-hybridized carbons (Fsp3) is 0.500. The molecule has 1 aromatic rings. The summed E-state index contributed by atoms with van der Waals surface area (Å²) >= 11 is 3.17. The van der Waals surface area contributed by atoms with Gasteiger partial charge in [-0.2, -0.15) is 0 Å². The van der Waals surface area contributed by atoms with E-state index in [0.717, 1.165) is 19.3 Å². The molecule has 0 aromatic heterocycles. The Morgan fingerprint density at radius 2 is 2.12 bits per heavy atom. The lowest BCUT2D eigenvalue weighted by atomic mass is 9.77. The van der Waals surface area contributed by atoms with Crippen molar-refractivity contribution in [2.24, 2.45) is 11.7 Å². The molecule has 2 atom stereocenters. The molecule has 1 fully saturated rings. The highest BCUT2D eigenvalue weighted by molar-refractivity contribution is 9.10. The van der Waals surface area contributed by atoms with Crippen molar-refractivity contribution in [2.45, 2.75) is 31.4 Å². The Kier molecular flexibility index (Phi) is 3.62. The van der Waals surface area contributed by atoms with E-state index >= 15 is 0 Å². The van der Waals surface area contributed by atoms with Gasteiger partial charge in [0.15, 0.2) is 0 Å². The van der Waals surface area contributed by atoms with Gasteiger partial charge in [-0.15, -0.1) is 0 Å². The molecule has 1 aliphatic carbocycles. The van der Waals surface area contributed by atoms with Crippen LogP contribution < -0.4 is 5.73 Å². The topological polar surface area (TPSA) is 46.2 Å². The lowest BCUT2D eigenvalue weighted by molar-refractivity contribution is 0.0411. The van der Waals surface area contributed by atoms with Crippen molar-refractivity contribution in [1.29, 1.82) is 0 Å². The Labute approximate surface area is 103 Å². The molecular weight excluding hydrogens is 273 g/mol. The van der Waals surface area contributed by atoms with Gasteiger partial charge in [-0.1, -0.05) is 18.6 Å². The fourth-order valence-corrected chi connectivity index (χ4v) is 2.57. The van der Waals surface area contributed by atoms with Crippen LogP contribution in [0.15, 0.2) is 22.7 Å². The van der Waals surface area contributed by atoms with Crippen LogP contribution >= 0.6 is 15.9 Å². The normalized spacial score (nSPS) is 20.2. The summed E-state index contributed by atoms with van der Waals surface area (Å²) in [6, 6.07) is 4.22. The highest BCUT2D eigenvalue weighted by Gasteiger charge is 2.31. The number of rotatable bonds is 3. The van der Waals surface area contributed by atoms with Crippen LogP contribution in [0.3, 0.4) is 0 Å². The summed E-state index contributed by atoms with van der Waals surface area (Å²) in [4.78, 5) is 0. The summed E-state index contributed by atoms with van der Waals surface area (Å²) < 4.78 is 13.7. The third kappa shape index (κ3) is 2.14. The molecule has 0 spiro atoms. The third-order valence-electron chi connectivity index (χ3n) is 3.34. The highest BCUT2D eigenvalue weighted by atomic mass is 79.9. The van der Waals surface area contributed by atoms with E-state index < -0.39 is 12.1 Å². The second-order valence-electron chi connectivity index (χ2n) is 4.35. The van der Waals surface area contributed by atoms with Crippen molar-refractivity contribution >= 4 is 15.9 Å². The van der Waals surface area contributed by atoms with Crippen LogP contribution in [0.5, 0.6) is 0 Å². The van der Waals surface area contributed by atoms with Gasteiger partial charge in [0.25, 0.3) is 0 Å². The van der Waals surface area contributed by atoms with Gasteiger partial charge in [-0.3, -0.25) is 0 Å². The van der Waals surface area contributed by atoms with Crippen LogP contribution in [0.4, 0.5) is 4.39 Å². The number of aliphatic hydroxyl groups is 1. The van der Waals surface area contributed by atoms with E-state index in [4.69, 9.17) is 5.73 Å². The molecule has 2 rings (SSSR count). The van der Waals surface area contributed by atoms with Crippen molar-refractivity contribution in [3.05, 3.63) is 34.1 Å². The smallest absolute Gasteiger partial charge is 0.137 e. The second-order valence-corrected chi connectivity index (χ2v) is 5.14. The first-order valence-corrected chi connectivity index (χ1v) is 6.28. The number of benzene rings is 1. The van der Waals surface area contributed by atoms with Gasteiger partial charge in [0.1, 0.15) is 5.82 Å². The first-order valence-electron chi connectivity index (χ1n) is 5.49. The average molecular weight is 288 g/mol. The lowest BCUT2D eigenvalue weighted by Gasteiger charge is -2.34. The Hall–Kier alpha value is -0.450. The van der Waals surface area contributed by atoms with Crippen molar-refractivity contribution < 1.29 is 9.50 Å². The minimum absolute atomic E-state index is 0.269. The van der Waals surface area contributed by atoms with E-state index in [0.29, 0.717) is 10.0 Å². The predicted molar refractivity (Wildman–Crippen MR) is 64.4 cm³/mol. The zero-order chi connectivity index (χ0) is 11.7. The minimum atomic E-state index is -0.577. The zero-order valence-corrected chi connectivity index (χ0v) is 10.5. The maximum Gasteiger partial charge on any atom is 0.137 e. The molecule has 1 aromatic carbocycles. The summed E-state index contributed by atoms with van der Waals surface area (Å²) in [5, 5.41) is 10.0. The van der Waals surface area contributed by atoms with Crippen LogP contribution in [0.1, 0.15) is 30.9 Å². The number of hydrogen-bond acceptors (Lipinski definition) is 2. The summed E-state index contributed by atoms with van der Waals surface area (Å²) in [5.41, 5.74) is 6.61. The van der Waals surface area contributed by atoms with E-state index in [-0.39, 0.29) is 11.7 Å². The number of aliphatic hydroxyl groups excluding tert-OH is 1. The maximum absolute atomic E-state index is 13.3. The lowest BCUT2D eigenvalue weighted by Crippen LogP contribution is -2.36. The largest absolute Gasteiger partial charge is 0.391 e. The second kappa shape index (κ2) is 4.82. The predicted octanol–water partition coefficient (Wildman–Crippen LogP) is 2.75. The van der Waals surface area contributed by atoms with Gasteiger partial charge in [0.2, 0.25) is 0 Å².